The topological polar surface area (TPSA) is 43.9 Å². The summed E-state index contributed by atoms with van der Waals surface area (Å²) in [5, 5.41) is 0. The molecule has 0 unspecified atom stereocenters. The molecule has 5 nitrogen and oxygen atoms in total. The largest absolute Gasteiger partial charge is 0.300 e. The van der Waals surface area contributed by atoms with Crippen LogP contribution in [0.15, 0.2) is 0 Å². The van der Waals surface area contributed by atoms with Gasteiger partial charge in [0, 0.05) is 32.7 Å². The Hall–Kier alpha value is -0.170. The summed E-state index contributed by atoms with van der Waals surface area (Å²) in [5.41, 5.74) is 0. The third-order valence-electron chi connectivity index (χ3n) is 4.63. The highest BCUT2D eigenvalue weighted by Gasteiger charge is 2.33. The van der Waals surface area contributed by atoms with Gasteiger partial charge in [-0.1, -0.05) is 13.3 Å². The molecule has 0 aliphatic carbocycles. The number of unbranched alkanes of at least 4 members (excludes halogenated alkanes) is 1. The number of piperidine rings is 1. The van der Waals surface area contributed by atoms with Crippen LogP contribution in [0.3, 0.4) is 0 Å². The Morgan fingerprint density at radius 2 is 1.70 bits per heavy atom. The van der Waals surface area contributed by atoms with Gasteiger partial charge < -0.3 is 4.90 Å². The fraction of sp³-hybridized carbons (Fsp3) is 1.00. The van der Waals surface area contributed by atoms with Gasteiger partial charge in [-0.2, -0.15) is 17.0 Å². The van der Waals surface area contributed by atoms with Crippen molar-refractivity contribution in [3.8, 4) is 0 Å². The smallest absolute Gasteiger partial charge is 0.281 e. The van der Waals surface area contributed by atoms with Gasteiger partial charge in [0.2, 0.25) is 0 Å². The molecule has 0 radical (unpaired) electrons. The first-order valence-electron chi connectivity index (χ1n) is 8.01. The lowest BCUT2D eigenvalue weighted by Gasteiger charge is -2.37. The fourth-order valence-corrected chi connectivity index (χ4v) is 4.66. The second-order valence-electron chi connectivity index (χ2n) is 6.06. The van der Waals surface area contributed by atoms with Crippen LogP contribution in [0, 0.1) is 0 Å². The molecule has 6 heteroatoms. The molecule has 118 valence electrons. The predicted molar refractivity (Wildman–Crippen MR) is 81.9 cm³/mol. The van der Waals surface area contributed by atoms with Crippen LogP contribution in [0.4, 0.5) is 0 Å². The van der Waals surface area contributed by atoms with Crippen molar-refractivity contribution in [1.29, 1.82) is 0 Å². The van der Waals surface area contributed by atoms with E-state index in [1.807, 2.05) is 0 Å². The number of likely N-dealkylation sites (tertiary alicyclic amines) is 1. The summed E-state index contributed by atoms with van der Waals surface area (Å²) >= 11 is 0. The summed E-state index contributed by atoms with van der Waals surface area (Å²) in [5.74, 6) is 0. The van der Waals surface area contributed by atoms with Gasteiger partial charge in [-0.05, 0) is 45.2 Å². The Morgan fingerprint density at radius 1 is 1.10 bits per heavy atom. The molecule has 0 aromatic rings. The molecule has 0 aromatic heterocycles. The van der Waals surface area contributed by atoms with E-state index in [9.17, 15) is 8.42 Å². The van der Waals surface area contributed by atoms with Crippen LogP contribution in [-0.4, -0.2) is 67.7 Å². The van der Waals surface area contributed by atoms with Crippen LogP contribution in [0.1, 0.15) is 45.4 Å². The maximum Gasteiger partial charge on any atom is 0.281 e. The quantitative estimate of drug-likeness (QED) is 0.747. The SMILES string of the molecule is CCCCN(C)S(=O)(=O)N1CCC(N2CCCC2)CC1. The third-order valence-corrected chi connectivity index (χ3v) is 6.62. The molecule has 2 fully saturated rings. The van der Waals surface area contributed by atoms with Gasteiger partial charge in [0.15, 0.2) is 0 Å². The van der Waals surface area contributed by atoms with Gasteiger partial charge >= 0.3 is 0 Å². The second-order valence-corrected chi connectivity index (χ2v) is 8.09. The minimum absolute atomic E-state index is 0.602. The van der Waals surface area contributed by atoms with E-state index in [1.165, 1.54) is 30.2 Å². The maximum atomic E-state index is 12.5. The molecule has 2 rings (SSSR count). The van der Waals surface area contributed by atoms with Crippen molar-refractivity contribution in [3.05, 3.63) is 0 Å². The molecule has 2 aliphatic rings. The highest BCUT2D eigenvalue weighted by atomic mass is 32.2. The van der Waals surface area contributed by atoms with Gasteiger partial charge in [0.05, 0.1) is 0 Å². The average Bonchev–Trinajstić information content (AvgIpc) is 2.99. The summed E-state index contributed by atoms with van der Waals surface area (Å²) in [6, 6.07) is 0.602. The Morgan fingerprint density at radius 3 is 2.25 bits per heavy atom. The first kappa shape index (κ1) is 16.2. The van der Waals surface area contributed by atoms with E-state index in [0.717, 1.165) is 25.7 Å². The summed E-state index contributed by atoms with van der Waals surface area (Å²) < 4.78 is 28.1. The van der Waals surface area contributed by atoms with Gasteiger partial charge in [0.25, 0.3) is 10.2 Å². The molecule has 0 aromatic carbocycles. The average molecular weight is 303 g/mol. The Kier molecular flexibility index (Phi) is 5.84. The normalized spacial score (nSPS) is 23.8. The van der Waals surface area contributed by atoms with Crippen molar-refractivity contribution < 1.29 is 8.42 Å². The molecule has 0 bridgehead atoms. The van der Waals surface area contributed by atoms with Crippen molar-refractivity contribution >= 4 is 10.2 Å². The van der Waals surface area contributed by atoms with E-state index in [1.54, 1.807) is 11.4 Å². The van der Waals surface area contributed by atoms with Gasteiger partial charge in [-0.3, -0.25) is 0 Å². The molecule has 0 amide bonds. The zero-order valence-electron chi connectivity index (χ0n) is 12.9. The lowest BCUT2D eigenvalue weighted by Crippen LogP contribution is -2.49. The van der Waals surface area contributed by atoms with E-state index in [-0.39, 0.29) is 0 Å². The van der Waals surface area contributed by atoms with E-state index >= 15 is 0 Å². The standard InChI is InChI=1S/C14H29N3O2S/c1-3-4-9-15(2)20(18,19)17-12-7-14(8-13-17)16-10-5-6-11-16/h14H,3-13H2,1-2H3. The molecule has 0 saturated carbocycles. The van der Waals surface area contributed by atoms with Crippen molar-refractivity contribution in [1.82, 2.24) is 13.5 Å². The van der Waals surface area contributed by atoms with Crippen LogP contribution in [0.5, 0.6) is 0 Å². The highest BCUT2D eigenvalue weighted by molar-refractivity contribution is 7.86. The minimum atomic E-state index is -3.23. The molecular weight excluding hydrogens is 274 g/mol. The monoisotopic (exact) mass is 303 g/mol. The first-order chi connectivity index (χ1) is 9.55. The fourth-order valence-electron chi connectivity index (χ4n) is 3.24. The van der Waals surface area contributed by atoms with Crippen LogP contribution in [0.2, 0.25) is 0 Å². The Bertz CT molecular complexity index is 385. The zero-order chi connectivity index (χ0) is 14.6. The number of hydrogen-bond acceptors (Lipinski definition) is 3. The van der Waals surface area contributed by atoms with Gasteiger partial charge in [-0.25, -0.2) is 0 Å². The Labute approximate surface area is 124 Å². The summed E-state index contributed by atoms with van der Waals surface area (Å²) in [4.78, 5) is 2.55. The van der Waals surface area contributed by atoms with E-state index in [2.05, 4.69) is 11.8 Å². The van der Waals surface area contributed by atoms with Crippen LogP contribution in [0.25, 0.3) is 0 Å². The number of nitrogens with zero attached hydrogens (tertiary/aromatic N) is 3. The van der Waals surface area contributed by atoms with Crippen molar-refractivity contribution in [3.63, 3.8) is 0 Å². The predicted octanol–water partition coefficient (Wildman–Crippen LogP) is 1.52. The van der Waals surface area contributed by atoms with Gasteiger partial charge in [0.1, 0.15) is 0 Å². The molecule has 0 spiro atoms. The third kappa shape index (κ3) is 3.72. The summed E-state index contributed by atoms with van der Waals surface area (Å²) in [7, 11) is -1.53. The minimum Gasteiger partial charge on any atom is -0.300 e. The van der Waals surface area contributed by atoms with Crippen molar-refractivity contribution in [2.75, 3.05) is 39.8 Å². The molecule has 2 aliphatic heterocycles. The summed E-state index contributed by atoms with van der Waals surface area (Å²) in [6.07, 6.45) is 6.54. The zero-order valence-corrected chi connectivity index (χ0v) is 13.7. The Balaban J connectivity index is 1.85. The van der Waals surface area contributed by atoms with E-state index < -0.39 is 10.2 Å². The van der Waals surface area contributed by atoms with Crippen molar-refractivity contribution in [2.45, 2.75) is 51.5 Å². The van der Waals surface area contributed by atoms with Crippen LogP contribution in [-0.2, 0) is 10.2 Å². The number of hydrogen-bond donors (Lipinski definition) is 0. The summed E-state index contributed by atoms with van der Waals surface area (Å²) in [6.45, 7) is 6.48. The highest BCUT2D eigenvalue weighted by Crippen LogP contribution is 2.23. The lowest BCUT2D eigenvalue weighted by molar-refractivity contribution is 0.164. The molecule has 0 N–H and O–H groups in total. The molecular formula is C14H29N3O2S. The van der Waals surface area contributed by atoms with Crippen LogP contribution >= 0.6 is 0 Å². The maximum absolute atomic E-state index is 12.5. The second kappa shape index (κ2) is 7.20. The molecule has 2 saturated heterocycles. The molecule has 20 heavy (non-hydrogen) atoms. The molecule has 0 atom stereocenters. The lowest BCUT2D eigenvalue weighted by atomic mass is 10.1. The molecule has 2 heterocycles. The van der Waals surface area contributed by atoms with Crippen LogP contribution < -0.4 is 0 Å². The number of rotatable bonds is 6. The van der Waals surface area contributed by atoms with E-state index in [4.69, 9.17) is 0 Å². The first-order valence-corrected chi connectivity index (χ1v) is 9.41. The van der Waals surface area contributed by atoms with Gasteiger partial charge in [-0.15, -0.1) is 0 Å². The van der Waals surface area contributed by atoms with Crippen molar-refractivity contribution in [2.24, 2.45) is 0 Å². The van der Waals surface area contributed by atoms with E-state index in [0.29, 0.717) is 25.7 Å².